The molecule has 0 heterocycles. The molecule has 9 nitrogen and oxygen atoms in total. The molecule has 0 aromatic heterocycles. The smallest absolute Gasteiger partial charge is 0.462 e. The zero-order valence-corrected chi connectivity index (χ0v) is 25.1. The highest BCUT2D eigenvalue weighted by molar-refractivity contribution is 7.47. The van der Waals surface area contributed by atoms with E-state index in [0.29, 0.717) is 23.9 Å². The van der Waals surface area contributed by atoms with Gasteiger partial charge in [0.15, 0.2) is 6.10 Å². The van der Waals surface area contributed by atoms with E-state index in [1.54, 1.807) is 0 Å². The number of phosphoric ester groups is 1. The van der Waals surface area contributed by atoms with E-state index >= 15 is 0 Å². The van der Waals surface area contributed by atoms with Crippen LogP contribution in [0.4, 0.5) is 0 Å². The molecule has 0 amide bonds. The Balaban J connectivity index is 4.18. The lowest BCUT2D eigenvalue weighted by Gasteiger charge is -2.24. The monoisotopic (exact) mass is 552 g/mol. The Morgan fingerprint density at radius 3 is 1.78 bits per heavy atom. The summed E-state index contributed by atoms with van der Waals surface area (Å²) in [6.45, 7) is 3.99. The van der Waals surface area contributed by atoms with E-state index in [9.17, 15) is 19.0 Å². The second-order valence-corrected chi connectivity index (χ2v) is 12.2. The largest absolute Gasteiger partial charge is 0.472 e. The van der Waals surface area contributed by atoms with Gasteiger partial charge < -0.3 is 18.9 Å². The van der Waals surface area contributed by atoms with E-state index in [4.69, 9.17) is 18.5 Å². The van der Waals surface area contributed by atoms with E-state index < -0.39 is 26.5 Å². The number of hydrogen-bond acceptors (Lipinski definition) is 7. The first-order valence-corrected chi connectivity index (χ1v) is 15.8. The van der Waals surface area contributed by atoms with Crippen molar-refractivity contribution in [2.45, 2.75) is 116 Å². The van der Waals surface area contributed by atoms with E-state index in [2.05, 4.69) is 6.92 Å². The van der Waals surface area contributed by atoms with Crippen LogP contribution in [-0.4, -0.2) is 74.9 Å². The summed E-state index contributed by atoms with van der Waals surface area (Å²) < 4.78 is 33.2. The third-order valence-electron chi connectivity index (χ3n) is 5.86. The van der Waals surface area contributed by atoms with E-state index in [1.807, 2.05) is 28.1 Å². The molecule has 1 unspecified atom stereocenters. The summed E-state index contributed by atoms with van der Waals surface area (Å²) >= 11 is 0. The van der Waals surface area contributed by atoms with Gasteiger partial charge in [0.2, 0.25) is 0 Å². The molecule has 0 rings (SSSR count). The molecule has 1 N–H and O–H groups in total. The van der Waals surface area contributed by atoms with Crippen LogP contribution in [0.1, 0.15) is 110 Å². The third-order valence-corrected chi connectivity index (χ3v) is 6.84. The molecule has 0 aliphatic heterocycles. The normalized spacial score (nSPS) is 14.2. The van der Waals surface area contributed by atoms with Crippen molar-refractivity contribution < 1.29 is 42.1 Å². The quantitative estimate of drug-likeness (QED) is 0.0620. The zero-order chi connectivity index (χ0) is 28.0. The molecule has 0 bridgehead atoms. The molecule has 0 aromatic carbocycles. The van der Waals surface area contributed by atoms with Crippen molar-refractivity contribution in [3.8, 4) is 0 Å². The number of phosphoric acid groups is 1. The van der Waals surface area contributed by atoms with Crippen molar-refractivity contribution in [1.82, 2.24) is 0 Å². The lowest BCUT2D eigenvalue weighted by molar-refractivity contribution is -0.870. The fourth-order valence-corrected chi connectivity index (χ4v) is 4.32. The number of ether oxygens (including phenoxy) is 2. The molecule has 220 valence electrons. The molecular weight excluding hydrogens is 497 g/mol. The molecule has 0 radical (unpaired) electrons. The molecule has 0 spiro atoms. The second-order valence-electron chi connectivity index (χ2n) is 10.8. The molecular formula is C27H55NO8P+. The second kappa shape index (κ2) is 21.9. The van der Waals surface area contributed by atoms with Gasteiger partial charge in [0, 0.05) is 12.8 Å². The van der Waals surface area contributed by atoms with Crippen molar-refractivity contribution in [2.24, 2.45) is 0 Å². The Morgan fingerprint density at radius 2 is 1.27 bits per heavy atom. The predicted molar refractivity (Wildman–Crippen MR) is 146 cm³/mol. The van der Waals surface area contributed by atoms with Gasteiger partial charge in [-0.25, -0.2) is 4.57 Å². The van der Waals surface area contributed by atoms with Gasteiger partial charge in [-0.3, -0.25) is 18.6 Å². The average molecular weight is 553 g/mol. The van der Waals surface area contributed by atoms with Crippen LogP contribution in [0, 0.1) is 0 Å². The summed E-state index contributed by atoms with van der Waals surface area (Å²) in [5.41, 5.74) is 0. The maximum atomic E-state index is 12.1. The topological polar surface area (TPSA) is 108 Å². The van der Waals surface area contributed by atoms with Crippen LogP contribution >= 0.6 is 7.82 Å². The number of unbranched alkanes of at least 4 members (excludes halogenated alkanes) is 11. The lowest BCUT2D eigenvalue weighted by atomic mass is 10.0. The third kappa shape index (κ3) is 25.1. The van der Waals surface area contributed by atoms with Crippen LogP contribution < -0.4 is 0 Å². The average Bonchev–Trinajstić information content (AvgIpc) is 2.80. The van der Waals surface area contributed by atoms with Crippen LogP contribution in [-0.2, 0) is 32.7 Å². The molecule has 0 aromatic rings. The number of nitrogens with zero attached hydrogens (tertiary/aromatic N) is 1. The summed E-state index contributed by atoms with van der Waals surface area (Å²) in [7, 11) is 1.47. The van der Waals surface area contributed by atoms with Gasteiger partial charge >= 0.3 is 19.8 Å². The summed E-state index contributed by atoms with van der Waals surface area (Å²) in [6.07, 6.45) is 14.7. The summed E-state index contributed by atoms with van der Waals surface area (Å²) in [4.78, 5) is 34.0. The van der Waals surface area contributed by atoms with Gasteiger partial charge in [-0.05, 0) is 12.8 Å². The van der Waals surface area contributed by atoms with Crippen molar-refractivity contribution in [3.05, 3.63) is 0 Å². The minimum atomic E-state index is -4.32. The summed E-state index contributed by atoms with van der Waals surface area (Å²) in [6, 6.07) is 0. The summed E-state index contributed by atoms with van der Waals surface area (Å²) in [5, 5.41) is 0. The number of rotatable bonds is 25. The number of hydrogen-bond donors (Lipinski definition) is 1. The maximum Gasteiger partial charge on any atom is 0.472 e. The zero-order valence-electron chi connectivity index (χ0n) is 24.2. The first kappa shape index (κ1) is 36.0. The minimum Gasteiger partial charge on any atom is -0.462 e. The predicted octanol–water partition coefficient (Wildman–Crippen LogP) is 6.17. The van der Waals surface area contributed by atoms with E-state index in [1.165, 1.54) is 57.8 Å². The van der Waals surface area contributed by atoms with Gasteiger partial charge in [0.1, 0.15) is 19.8 Å². The number of carbonyl (C=O) groups excluding carboxylic acids is 2. The van der Waals surface area contributed by atoms with Crippen molar-refractivity contribution in [1.29, 1.82) is 0 Å². The van der Waals surface area contributed by atoms with Gasteiger partial charge in [-0.2, -0.15) is 0 Å². The first-order valence-electron chi connectivity index (χ1n) is 14.3. The number of quaternary nitrogens is 1. The van der Waals surface area contributed by atoms with Crippen molar-refractivity contribution in [3.63, 3.8) is 0 Å². The van der Waals surface area contributed by atoms with Crippen LogP contribution in [0.25, 0.3) is 0 Å². The fourth-order valence-electron chi connectivity index (χ4n) is 3.58. The van der Waals surface area contributed by atoms with Crippen LogP contribution in [0.5, 0.6) is 0 Å². The highest BCUT2D eigenvalue weighted by Crippen LogP contribution is 2.43. The Morgan fingerprint density at radius 1 is 0.730 bits per heavy atom. The Labute approximate surface area is 225 Å². The van der Waals surface area contributed by atoms with Gasteiger partial charge in [-0.15, -0.1) is 0 Å². The van der Waals surface area contributed by atoms with Crippen molar-refractivity contribution in [2.75, 3.05) is 47.5 Å². The Hall–Kier alpha value is -0.990. The molecule has 0 aliphatic carbocycles. The van der Waals surface area contributed by atoms with Crippen LogP contribution in [0.15, 0.2) is 0 Å². The van der Waals surface area contributed by atoms with E-state index in [-0.39, 0.29) is 25.6 Å². The Kier molecular flexibility index (Phi) is 21.3. The highest BCUT2D eigenvalue weighted by Gasteiger charge is 2.26. The number of carbonyl (C=O) groups is 2. The molecule has 10 heteroatoms. The Bertz CT molecular complexity index is 638. The van der Waals surface area contributed by atoms with Gasteiger partial charge in [-0.1, -0.05) is 84.5 Å². The molecule has 0 saturated carbocycles. The lowest BCUT2D eigenvalue weighted by Crippen LogP contribution is -2.37. The fraction of sp³-hybridized carbons (Fsp3) is 0.926. The summed E-state index contributed by atoms with van der Waals surface area (Å²) in [5.74, 6) is -0.859. The first-order chi connectivity index (χ1) is 17.5. The number of likely N-dealkylation sites (N-methyl/N-ethyl adjacent to an activating group) is 1. The molecule has 2 atom stereocenters. The highest BCUT2D eigenvalue weighted by atomic mass is 31.2. The number of esters is 2. The standard InChI is InChI=1S/C27H54NO8P/c1-6-8-9-10-11-12-13-14-15-16-17-18-20-26(29)33-23-25(36-27(30)19-7-2)24-35-37(31,32)34-22-21-28(3,4)5/h25H,6-24H2,1-5H3/p+1/t25-/m1/s1. The van der Waals surface area contributed by atoms with Crippen molar-refractivity contribution >= 4 is 19.8 Å². The van der Waals surface area contributed by atoms with Gasteiger partial charge in [0.05, 0.1) is 27.7 Å². The van der Waals surface area contributed by atoms with Crippen LogP contribution in [0.2, 0.25) is 0 Å². The molecule has 0 saturated heterocycles. The molecule has 0 aliphatic rings. The van der Waals surface area contributed by atoms with Gasteiger partial charge in [0.25, 0.3) is 0 Å². The minimum absolute atomic E-state index is 0.0333. The maximum absolute atomic E-state index is 12.1. The molecule has 0 fully saturated rings. The molecule has 37 heavy (non-hydrogen) atoms. The van der Waals surface area contributed by atoms with Crippen LogP contribution in [0.3, 0.4) is 0 Å². The van der Waals surface area contributed by atoms with E-state index in [0.717, 1.165) is 19.3 Å². The SMILES string of the molecule is CCCCCCCCCCCCCCC(=O)OC[C@H](COP(=O)(O)OCC[N+](C)(C)C)OC(=O)CCC.